The number of aliphatic carboxylic acids is 1. The SMILES string of the molecule is COc1cc(OC)c(C(=O)C=CC(=O)O)c(OC)c1. The van der Waals surface area contributed by atoms with Crippen LogP contribution in [0.2, 0.25) is 0 Å². The predicted molar refractivity (Wildman–Crippen MR) is 67.2 cm³/mol. The second-order valence-electron chi connectivity index (χ2n) is 3.44. The lowest BCUT2D eigenvalue weighted by Gasteiger charge is -2.12. The Kier molecular flexibility index (Phi) is 4.93. The van der Waals surface area contributed by atoms with E-state index in [9.17, 15) is 9.59 Å². The Bertz CT molecular complexity index is 493. The molecular formula is C13H14O6. The Labute approximate surface area is 110 Å². The van der Waals surface area contributed by atoms with Gasteiger partial charge in [0.05, 0.1) is 21.3 Å². The van der Waals surface area contributed by atoms with Crippen LogP contribution in [0.25, 0.3) is 0 Å². The minimum absolute atomic E-state index is 0.142. The summed E-state index contributed by atoms with van der Waals surface area (Å²) < 4.78 is 15.2. The van der Waals surface area contributed by atoms with Crippen LogP contribution in [0.1, 0.15) is 10.4 Å². The third-order valence-corrected chi connectivity index (χ3v) is 2.34. The molecule has 6 heteroatoms. The second kappa shape index (κ2) is 6.44. The first-order valence-electron chi connectivity index (χ1n) is 5.28. The van der Waals surface area contributed by atoms with Crippen LogP contribution in [-0.4, -0.2) is 38.2 Å². The zero-order valence-electron chi connectivity index (χ0n) is 10.8. The van der Waals surface area contributed by atoms with Crippen LogP contribution in [0.3, 0.4) is 0 Å². The normalized spacial score (nSPS) is 10.3. The summed E-state index contributed by atoms with van der Waals surface area (Å²) in [6.07, 6.45) is 1.70. The Balaban J connectivity index is 3.31. The number of carbonyl (C=O) groups excluding carboxylic acids is 1. The number of methoxy groups -OCH3 is 3. The Morgan fingerprint density at radius 1 is 1.00 bits per heavy atom. The molecule has 0 aromatic heterocycles. The van der Waals surface area contributed by atoms with Gasteiger partial charge in [-0.2, -0.15) is 0 Å². The van der Waals surface area contributed by atoms with Gasteiger partial charge >= 0.3 is 5.97 Å². The van der Waals surface area contributed by atoms with E-state index in [0.717, 1.165) is 12.2 Å². The summed E-state index contributed by atoms with van der Waals surface area (Å²) in [5.41, 5.74) is 0.142. The van der Waals surface area contributed by atoms with Gasteiger partial charge < -0.3 is 19.3 Å². The monoisotopic (exact) mass is 266 g/mol. The zero-order valence-corrected chi connectivity index (χ0v) is 10.8. The fourth-order valence-electron chi connectivity index (χ4n) is 1.48. The van der Waals surface area contributed by atoms with Crippen molar-refractivity contribution in [3.05, 3.63) is 29.8 Å². The summed E-state index contributed by atoms with van der Waals surface area (Å²) in [5.74, 6) is -0.779. The maximum absolute atomic E-state index is 12.0. The number of carbonyl (C=O) groups is 2. The van der Waals surface area contributed by atoms with Gasteiger partial charge in [-0.3, -0.25) is 4.79 Å². The van der Waals surface area contributed by atoms with Crippen molar-refractivity contribution in [2.24, 2.45) is 0 Å². The molecule has 1 aromatic rings. The summed E-state index contributed by atoms with van der Waals surface area (Å²) in [4.78, 5) is 22.4. The molecule has 19 heavy (non-hydrogen) atoms. The van der Waals surface area contributed by atoms with Crippen LogP contribution < -0.4 is 14.2 Å². The van der Waals surface area contributed by atoms with Gasteiger partial charge in [0.2, 0.25) is 0 Å². The lowest BCUT2D eigenvalue weighted by Crippen LogP contribution is -2.04. The first-order chi connectivity index (χ1) is 9.03. The molecule has 0 spiro atoms. The van der Waals surface area contributed by atoms with Crippen molar-refractivity contribution < 1.29 is 28.9 Å². The van der Waals surface area contributed by atoms with Crippen LogP contribution in [-0.2, 0) is 4.79 Å². The fraction of sp³-hybridized carbons (Fsp3) is 0.231. The minimum Gasteiger partial charge on any atom is -0.496 e. The standard InChI is InChI=1S/C13H14O6/c1-17-8-6-10(18-2)13(11(7-8)19-3)9(14)4-5-12(15)16/h4-7H,1-3H3,(H,15,16). The second-order valence-corrected chi connectivity index (χ2v) is 3.44. The van der Waals surface area contributed by atoms with E-state index in [2.05, 4.69) is 0 Å². The number of carboxylic acid groups (broad SMARTS) is 1. The molecule has 0 saturated carbocycles. The molecule has 0 unspecified atom stereocenters. The van der Waals surface area contributed by atoms with Crippen LogP contribution >= 0.6 is 0 Å². The number of benzene rings is 1. The van der Waals surface area contributed by atoms with Crippen molar-refractivity contribution in [1.82, 2.24) is 0 Å². The van der Waals surface area contributed by atoms with Crippen molar-refractivity contribution in [2.45, 2.75) is 0 Å². The number of ketones is 1. The first-order valence-corrected chi connectivity index (χ1v) is 5.28. The average Bonchev–Trinajstić information content (AvgIpc) is 2.42. The molecule has 0 bridgehead atoms. The van der Waals surface area contributed by atoms with Crippen LogP contribution in [0.4, 0.5) is 0 Å². The van der Waals surface area contributed by atoms with Gasteiger partial charge in [-0.15, -0.1) is 0 Å². The van der Waals surface area contributed by atoms with Crippen LogP contribution in [0.15, 0.2) is 24.3 Å². The average molecular weight is 266 g/mol. The van der Waals surface area contributed by atoms with E-state index in [1.165, 1.54) is 33.5 Å². The molecule has 6 nitrogen and oxygen atoms in total. The highest BCUT2D eigenvalue weighted by Crippen LogP contribution is 2.34. The van der Waals surface area contributed by atoms with E-state index in [0.29, 0.717) is 5.75 Å². The molecule has 0 atom stereocenters. The number of allylic oxidation sites excluding steroid dienone is 1. The minimum atomic E-state index is -1.21. The highest BCUT2D eigenvalue weighted by Gasteiger charge is 2.18. The van der Waals surface area contributed by atoms with E-state index in [4.69, 9.17) is 19.3 Å². The summed E-state index contributed by atoms with van der Waals surface area (Å²) in [6, 6.07) is 3.04. The lowest BCUT2D eigenvalue weighted by molar-refractivity contribution is -0.131. The molecule has 0 heterocycles. The molecule has 0 aliphatic carbocycles. The summed E-state index contributed by atoms with van der Waals surface area (Å²) in [5, 5.41) is 8.52. The summed E-state index contributed by atoms with van der Waals surface area (Å²) in [6.45, 7) is 0. The van der Waals surface area contributed by atoms with E-state index < -0.39 is 11.8 Å². The highest BCUT2D eigenvalue weighted by molar-refractivity contribution is 6.10. The first kappa shape index (κ1) is 14.6. The molecular weight excluding hydrogens is 252 g/mol. The Morgan fingerprint density at radius 3 is 1.89 bits per heavy atom. The molecule has 0 saturated heterocycles. The zero-order chi connectivity index (χ0) is 14.4. The Morgan fingerprint density at radius 2 is 1.53 bits per heavy atom. The van der Waals surface area contributed by atoms with E-state index >= 15 is 0 Å². The molecule has 0 aliphatic rings. The summed E-state index contributed by atoms with van der Waals surface area (Å²) >= 11 is 0. The predicted octanol–water partition coefficient (Wildman–Crippen LogP) is 1.54. The maximum atomic E-state index is 12.0. The maximum Gasteiger partial charge on any atom is 0.328 e. The van der Waals surface area contributed by atoms with E-state index in [1.807, 2.05) is 0 Å². The van der Waals surface area contributed by atoms with Gasteiger partial charge in [0.25, 0.3) is 0 Å². The van der Waals surface area contributed by atoms with Crippen LogP contribution in [0, 0.1) is 0 Å². The molecule has 1 rings (SSSR count). The molecule has 1 N–H and O–H groups in total. The van der Waals surface area contributed by atoms with Crippen LogP contribution in [0.5, 0.6) is 17.2 Å². The Hall–Kier alpha value is -2.50. The van der Waals surface area contributed by atoms with E-state index in [-0.39, 0.29) is 17.1 Å². The highest BCUT2D eigenvalue weighted by atomic mass is 16.5. The van der Waals surface area contributed by atoms with Gasteiger partial charge in [-0.25, -0.2) is 4.79 Å². The third kappa shape index (κ3) is 3.48. The number of rotatable bonds is 6. The topological polar surface area (TPSA) is 82.1 Å². The molecule has 0 aliphatic heterocycles. The quantitative estimate of drug-likeness (QED) is 0.621. The van der Waals surface area contributed by atoms with Gasteiger partial charge in [-0.1, -0.05) is 0 Å². The van der Waals surface area contributed by atoms with Gasteiger partial charge in [0.1, 0.15) is 22.8 Å². The van der Waals surface area contributed by atoms with Gasteiger partial charge in [0, 0.05) is 18.2 Å². The number of hydrogen-bond acceptors (Lipinski definition) is 5. The van der Waals surface area contributed by atoms with Gasteiger partial charge in [-0.05, 0) is 6.08 Å². The molecule has 0 radical (unpaired) electrons. The van der Waals surface area contributed by atoms with Crippen molar-refractivity contribution in [3.63, 3.8) is 0 Å². The van der Waals surface area contributed by atoms with Crippen molar-refractivity contribution in [3.8, 4) is 17.2 Å². The fourth-order valence-corrected chi connectivity index (χ4v) is 1.48. The summed E-state index contributed by atoms with van der Waals surface area (Å²) in [7, 11) is 4.26. The largest absolute Gasteiger partial charge is 0.496 e. The van der Waals surface area contributed by atoms with E-state index in [1.54, 1.807) is 0 Å². The smallest absolute Gasteiger partial charge is 0.328 e. The molecule has 1 aromatic carbocycles. The van der Waals surface area contributed by atoms with Gasteiger partial charge in [0.15, 0.2) is 5.78 Å². The third-order valence-electron chi connectivity index (χ3n) is 2.34. The molecule has 102 valence electrons. The number of ether oxygens (including phenoxy) is 3. The van der Waals surface area contributed by atoms with Crippen molar-refractivity contribution in [2.75, 3.05) is 21.3 Å². The molecule has 0 amide bonds. The molecule has 0 fully saturated rings. The number of carboxylic acids is 1. The van der Waals surface area contributed by atoms with Crippen molar-refractivity contribution in [1.29, 1.82) is 0 Å². The van der Waals surface area contributed by atoms with Crippen molar-refractivity contribution >= 4 is 11.8 Å². The lowest BCUT2D eigenvalue weighted by atomic mass is 10.1. The number of hydrogen-bond donors (Lipinski definition) is 1.